The number of nitrogens with zero attached hydrogens (tertiary/aromatic N) is 3. The molecular formula is C21H18FN5OS. The molecule has 0 bridgehead atoms. The molecule has 0 aliphatic heterocycles. The summed E-state index contributed by atoms with van der Waals surface area (Å²) in [4.78, 5) is 19.7. The van der Waals surface area contributed by atoms with E-state index < -0.39 is 0 Å². The van der Waals surface area contributed by atoms with Crippen LogP contribution in [0.15, 0.2) is 67.1 Å². The minimum absolute atomic E-state index is 0.186. The van der Waals surface area contributed by atoms with Crippen LogP contribution in [0.4, 0.5) is 4.39 Å². The van der Waals surface area contributed by atoms with Crippen LogP contribution in [0.1, 0.15) is 21.9 Å². The molecule has 146 valence electrons. The molecule has 6 nitrogen and oxygen atoms in total. The van der Waals surface area contributed by atoms with Crippen molar-refractivity contribution in [1.29, 1.82) is 0 Å². The summed E-state index contributed by atoms with van der Waals surface area (Å²) in [7, 11) is 0. The van der Waals surface area contributed by atoms with Gasteiger partial charge in [-0.25, -0.2) is 9.37 Å². The molecule has 2 N–H and O–H groups in total. The molecule has 2 heterocycles. The van der Waals surface area contributed by atoms with Crippen molar-refractivity contribution in [3.05, 3.63) is 94.8 Å². The molecule has 0 aliphatic rings. The van der Waals surface area contributed by atoms with Crippen LogP contribution in [0, 0.1) is 17.5 Å². The number of H-pyrrole nitrogens is 1. The van der Waals surface area contributed by atoms with Crippen LogP contribution in [0.2, 0.25) is 0 Å². The summed E-state index contributed by atoms with van der Waals surface area (Å²) < 4.78 is 18.3. The Morgan fingerprint density at radius 3 is 2.72 bits per heavy atom. The average molecular weight is 407 g/mol. The van der Waals surface area contributed by atoms with Crippen LogP contribution >= 0.6 is 12.2 Å². The Bertz CT molecular complexity index is 1230. The van der Waals surface area contributed by atoms with Gasteiger partial charge in [0.25, 0.3) is 5.91 Å². The lowest BCUT2D eigenvalue weighted by molar-refractivity contribution is 0.0944. The zero-order chi connectivity index (χ0) is 20.4. The Balaban J connectivity index is 1.52. The lowest BCUT2D eigenvalue weighted by Crippen LogP contribution is -2.25. The van der Waals surface area contributed by atoms with Crippen molar-refractivity contribution >= 4 is 18.1 Å². The molecule has 29 heavy (non-hydrogen) atoms. The maximum Gasteiger partial charge on any atom is 0.270 e. The van der Waals surface area contributed by atoms with E-state index in [1.54, 1.807) is 46.8 Å². The van der Waals surface area contributed by atoms with Crippen LogP contribution in [-0.2, 0) is 6.54 Å². The average Bonchev–Trinajstić information content (AvgIpc) is 3.32. The number of aromatic amines is 1. The van der Waals surface area contributed by atoms with E-state index in [1.807, 2.05) is 30.3 Å². The second-order valence-electron chi connectivity index (χ2n) is 6.46. The third kappa shape index (κ3) is 3.74. The van der Waals surface area contributed by atoms with Crippen molar-refractivity contribution in [2.24, 2.45) is 0 Å². The lowest BCUT2D eigenvalue weighted by Gasteiger charge is -2.11. The summed E-state index contributed by atoms with van der Waals surface area (Å²) in [5.74, 6) is 0.00502. The highest BCUT2D eigenvalue weighted by Gasteiger charge is 2.15. The van der Waals surface area contributed by atoms with Crippen LogP contribution in [0.3, 0.4) is 0 Å². The fourth-order valence-corrected chi connectivity index (χ4v) is 3.39. The van der Waals surface area contributed by atoms with Crippen molar-refractivity contribution in [2.75, 3.05) is 0 Å². The minimum Gasteiger partial charge on any atom is -0.347 e. The largest absolute Gasteiger partial charge is 0.347 e. The van der Waals surface area contributed by atoms with Crippen LogP contribution < -0.4 is 5.32 Å². The molecule has 0 saturated carbocycles. The van der Waals surface area contributed by atoms with E-state index in [0.29, 0.717) is 27.5 Å². The van der Waals surface area contributed by atoms with Crippen LogP contribution in [0.5, 0.6) is 0 Å². The topological polar surface area (TPSA) is 67.6 Å². The molecular weight excluding hydrogens is 389 g/mol. The van der Waals surface area contributed by atoms with E-state index in [1.165, 1.54) is 6.07 Å². The molecule has 0 atom stereocenters. The van der Waals surface area contributed by atoms with E-state index in [4.69, 9.17) is 12.2 Å². The van der Waals surface area contributed by atoms with Gasteiger partial charge >= 0.3 is 0 Å². The second-order valence-corrected chi connectivity index (χ2v) is 6.85. The molecule has 2 aromatic heterocycles. The molecule has 4 aromatic rings. The number of benzene rings is 2. The number of nitrogens with one attached hydrogen (secondary N) is 2. The summed E-state index contributed by atoms with van der Waals surface area (Å²) in [6, 6.07) is 14.2. The molecule has 0 unspecified atom stereocenters. The van der Waals surface area contributed by atoms with Gasteiger partial charge in [0.15, 0.2) is 4.77 Å². The minimum atomic E-state index is -0.383. The highest BCUT2D eigenvalue weighted by Crippen LogP contribution is 2.17. The summed E-state index contributed by atoms with van der Waals surface area (Å²) in [5, 5.41) is 2.82. The van der Waals surface area contributed by atoms with Gasteiger partial charge in [0.05, 0.1) is 5.69 Å². The number of amides is 1. The Labute approximate surface area is 171 Å². The number of aromatic nitrogens is 4. The zero-order valence-corrected chi connectivity index (χ0v) is 16.4. The number of rotatable bonds is 5. The van der Waals surface area contributed by atoms with Crippen molar-refractivity contribution < 1.29 is 9.18 Å². The molecule has 2 aromatic carbocycles. The van der Waals surface area contributed by atoms with E-state index in [0.717, 1.165) is 5.69 Å². The monoisotopic (exact) mass is 407 g/mol. The first-order valence-electron chi connectivity index (χ1n) is 8.97. The van der Waals surface area contributed by atoms with E-state index in [-0.39, 0.29) is 18.3 Å². The molecule has 0 spiro atoms. The quantitative estimate of drug-likeness (QED) is 0.490. The number of hydrogen-bond donors (Lipinski definition) is 2. The number of carbonyl (C=O) groups excluding carboxylic acids is 1. The van der Waals surface area contributed by atoms with Gasteiger partial charge in [-0.15, -0.1) is 0 Å². The standard InChI is InChI=1S/C21H18FN5OS/c1-14-23-9-10-26(14)18-8-7-15(11-17(18)22)12-24-20(28)19-13-25-21(29)27(19)16-5-3-2-4-6-16/h2-11,13H,12H2,1H3,(H,24,28)(H,25,29). The first-order valence-corrected chi connectivity index (χ1v) is 9.38. The molecule has 8 heteroatoms. The fraction of sp³-hybridized carbons (Fsp3) is 0.0952. The number of aryl methyl sites for hydroxylation is 1. The van der Waals surface area contributed by atoms with Gasteiger partial charge in [0.1, 0.15) is 17.3 Å². The molecule has 0 radical (unpaired) electrons. The van der Waals surface area contributed by atoms with E-state index in [2.05, 4.69) is 15.3 Å². The van der Waals surface area contributed by atoms with Crippen molar-refractivity contribution in [3.63, 3.8) is 0 Å². The number of hydrogen-bond acceptors (Lipinski definition) is 3. The molecule has 0 fully saturated rings. The highest BCUT2D eigenvalue weighted by molar-refractivity contribution is 7.71. The Kier molecular flexibility index (Phi) is 5.09. The fourth-order valence-electron chi connectivity index (χ4n) is 3.13. The molecule has 4 rings (SSSR count). The predicted octanol–water partition coefficient (Wildman–Crippen LogP) is 4.10. The van der Waals surface area contributed by atoms with Crippen molar-refractivity contribution in [1.82, 2.24) is 24.4 Å². The lowest BCUT2D eigenvalue weighted by atomic mass is 10.2. The number of imidazole rings is 2. The highest BCUT2D eigenvalue weighted by atomic mass is 32.1. The van der Waals surface area contributed by atoms with E-state index in [9.17, 15) is 9.18 Å². The van der Waals surface area contributed by atoms with E-state index >= 15 is 0 Å². The number of carbonyl (C=O) groups is 1. The first-order chi connectivity index (χ1) is 14.0. The van der Waals surface area contributed by atoms with Crippen molar-refractivity contribution in [2.45, 2.75) is 13.5 Å². The third-order valence-electron chi connectivity index (χ3n) is 4.57. The van der Waals surface area contributed by atoms with Gasteiger partial charge in [0.2, 0.25) is 0 Å². The molecule has 1 amide bonds. The summed E-state index contributed by atoms with van der Waals surface area (Å²) in [6.45, 7) is 1.99. The van der Waals surface area contributed by atoms with Gasteiger partial charge in [-0.1, -0.05) is 24.3 Å². The molecule has 0 aliphatic carbocycles. The van der Waals surface area contributed by atoms with Gasteiger partial charge in [-0.05, 0) is 49.0 Å². The first kappa shape index (κ1) is 18.8. The van der Waals surface area contributed by atoms with Crippen LogP contribution in [-0.4, -0.2) is 25.0 Å². The predicted molar refractivity (Wildman–Crippen MR) is 110 cm³/mol. The Hall–Kier alpha value is -3.52. The van der Waals surface area contributed by atoms with Gasteiger partial charge in [-0.2, -0.15) is 0 Å². The Morgan fingerprint density at radius 1 is 1.24 bits per heavy atom. The number of para-hydroxylation sites is 1. The SMILES string of the molecule is Cc1nccn1-c1ccc(CNC(=O)c2c[nH]c(=S)n2-c2ccccc2)cc1F. The summed E-state index contributed by atoms with van der Waals surface area (Å²) in [5.41, 5.74) is 2.23. The van der Waals surface area contributed by atoms with Crippen LogP contribution in [0.25, 0.3) is 11.4 Å². The smallest absolute Gasteiger partial charge is 0.270 e. The summed E-state index contributed by atoms with van der Waals surface area (Å²) in [6.07, 6.45) is 4.89. The maximum absolute atomic E-state index is 14.5. The summed E-state index contributed by atoms with van der Waals surface area (Å²) >= 11 is 5.30. The van der Waals surface area contributed by atoms with Crippen molar-refractivity contribution in [3.8, 4) is 11.4 Å². The molecule has 0 saturated heterocycles. The van der Waals surface area contributed by atoms with Gasteiger partial charge in [-0.3, -0.25) is 9.36 Å². The normalized spacial score (nSPS) is 10.8. The Morgan fingerprint density at radius 2 is 2.03 bits per heavy atom. The van der Waals surface area contributed by atoms with Gasteiger partial charge < -0.3 is 14.9 Å². The zero-order valence-electron chi connectivity index (χ0n) is 15.6. The van der Waals surface area contributed by atoms with Gasteiger partial charge in [0, 0.05) is 30.8 Å². The second kappa shape index (κ2) is 7.84. The third-order valence-corrected chi connectivity index (χ3v) is 4.87. The number of halogens is 1. The maximum atomic E-state index is 14.5.